The molecule has 7 nitrogen and oxygen atoms in total. The van der Waals surface area contributed by atoms with Crippen LogP contribution in [0.4, 0.5) is 10.1 Å². The van der Waals surface area contributed by atoms with Crippen LogP contribution >= 0.6 is 24.0 Å². The molecular weight excluding hydrogens is 526 g/mol. The Kier molecular flexibility index (Phi) is 10.7. The van der Waals surface area contributed by atoms with Crippen LogP contribution in [-0.2, 0) is 16.1 Å². The van der Waals surface area contributed by atoms with E-state index in [1.165, 1.54) is 12.1 Å². The average molecular weight is 556 g/mol. The molecule has 1 fully saturated rings. The number of aryl methyl sites for hydroxylation is 1. The van der Waals surface area contributed by atoms with E-state index in [1.807, 2.05) is 32.0 Å². The summed E-state index contributed by atoms with van der Waals surface area (Å²) >= 11 is 0. The third-order valence-corrected chi connectivity index (χ3v) is 4.68. The van der Waals surface area contributed by atoms with Gasteiger partial charge in [-0.1, -0.05) is 18.2 Å². The summed E-state index contributed by atoms with van der Waals surface area (Å²) in [6.45, 7) is 6.33. The Morgan fingerprint density at radius 1 is 1.25 bits per heavy atom. The molecule has 174 valence electrons. The van der Waals surface area contributed by atoms with Crippen LogP contribution < -0.4 is 20.7 Å². The number of guanidine groups is 1. The molecule has 1 aliphatic rings. The number of rotatable bonds is 8. The molecule has 1 aliphatic heterocycles. The average Bonchev–Trinajstić information content (AvgIpc) is 3.24. The molecule has 0 radical (unpaired) electrons. The van der Waals surface area contributed by atoms with Crippen molar-refractivity contribution in [3.8, 4) is 5.75 Å². The lowest BCUT2D eigenvalue weighted by Crippen LogP contribution is -2.41. The van der Waals surface area contributed by atoms with Crippen molar-refractivity contribution in [1.29, 1.82) is 0 Å². The molecule has 0 spiro atoms. The molecule has 1 unspecified atom stereocenters. The van der Waals surface area contributed by atoms with Gasteiger partial charge in [-0.3, -0.25) is 4.79 Å². The van der Waals surface area contributed by atoms with Gasteiger partial charge in [0.25, 0.3) is 0 Å². The van der Waals surface area contributed by atoms with Gasteiger partial charge in [-0.05, 0) is 43.7 Å². The van der Waals surface area contributed by atoms with Crippen molar-refractivity contribution >= 4 is 41.5 Å². The molecule has 0 aromatic heterocycles. The standard InChI is InChI=1S/C23H29FN4O3.HI/c1-3-25-23(27-14-22(29)28-19-6-4-5-18(24)12-19)26-13-17-8-7-16(2)11-21(17)31-20-9-10-30-15-20;/h4-8,11-12,20H,3,9-10,13-15H2,1-2H3,(H,28,29)(H2,25,26,27);1H. The number of amides is 1. The SMILES string of the molecule is CCNC(=NCc1ccc(C)cc1OC1CCOC1)NCC(=O)Nc1cccc(F)c1.I. The van der Waals surface area contributed by atoms with Crippen LogP contribution in [0.3, 0.4) is 0 Å². The molecule has 0 saturated carbocycles. The maximum absolute atomic E-state index is 13.3. The van der Waals surface area contributed by atoms with E-state index in [2.05, 4.69) is 20.9 Å². The lowest BCUT2D eigenvalue weighted by atomic mass is 10.1. The second kappa shape index (κ2) is 13.2. The molecule has 3 N–H and O–H groups in total. The monoisotopic (exact) mass is 556 g/mol. The zero-order valence-corrected chi connectivity index (χ0v) is 20.6. The van der Waals surface area contributed by atoms with Crippen LogP contribution in [-0.4, -0.2) is 44.3 Å². The number of hydrogen-bond acceptors (Lipinski definition) is 4. The highest BCUT2D eigenvalue weighted by Gasteiger charge is 2.18. The Balaban J connectivity index is 0.00000363. The maximum Gasteiger partial charge on any atom is 0.243 e. The second-order valence-corrected chi connectivity index (χ2v) is 7.32. The van der Waals surface area contributed by atoms with Gasteiger partial charge in [-0.15, -0.1) is 24.0 Å². The van der Waals surface area contributed by atoms with Crippen molar-refractivity contribution in [2.45, 2.75) is 32.9 Å². The minimum absolute atomic E-state index is 0. The first kappa shape index (κ1) is 25.9. The minimum Gasteiger partial charge on any atom is -0.488 e. The molecular formula is C23H30FIN4O3. The molecule has 3 rings (SSSR count). The van der Waals surface area contributed by atoms with E-state index >= 15 is 0 Å². The fourth-order valence-corrected chi connectivity index (χ4v) is 3.13. The summed E-state index contributed by atoms with van der Waals surface area (Å²) in [7, 11) is 0. The highest BCUT2D eigenvalue weighted by molar-refractivity contribution is 14.0. The van der Waals surface area contributed by atoms with Gasteiger partial charge in [0.1, 0.15) is 17.7 Å². The fourth-order valence-electron chi connectivity index (χ4n) is 3.13. The van der Waals surface area contributed by atoms with Crippen molar-refractivity contribution in [2.24, 2.45) is 4.99 Å². The number of ether oxygens (including phenoxy) is 2. The summed E-state index contributed by atoms with van der Waals surface area (Å²) in [6, 6.07) is 11.8. The number of hydrogen-bond donors (Lipinski definition) is 3. The summed E-state index contributed by atoms with van der Waals surface area (Å²) in [5, 5.41) is 8.78. The molecule has 2 aromatic carbocycles. The molecule has 2 aromatic rings. The van der Waals surface area contributed by atoms with Crippen molar-refractivity contribution < 1.29 is 18.7 Å². The molecule has 1 heterocycles. The van der Waals surface area contributed by atoms with Crippen LogP contribution in [0, 0.1) is 12.7 Å². The van der Waals surface area contributed by atoms with Crippen molar-refractivity contribution in [3.05, 3.63) is 59.4 Å². The van der Waals surface area contributed by atoms with Gasteiger partial charge in [0.2, 0.25) is 5.91 Å². The summed E-state index contributed by atoms with van der Waals surface area (Å²) in [6.07, 6.45) is 0.934. The highest BCUT2D eigenvalue weighted by Crippen LogP contribution is 2.24. The van der Waals surface area contributed by atoms with Crippen molar-refractivity contribution in [1.82, 2.24) is 10.6 Å². The topological polar surface area (TPSA) is 84.0 Å². The first-order valence-electron chi connectivity index (χ1n) is 10.4. The number of carbonyl (C=O) groups excluding carboxylic acids is 1. The zero-order valence-electron chi connectivity index (χ0n) is 18.3. The van der Waals surface area contributed by atoms with Crippen LogP contribution in [0.1, 0.15) is 24.5 Å². The third kappa shape index (κ3) is 8.27. The summed E-state index contributed by atoms with van der Waals surface area (Å²) in [4.78, 5) is 16.8. The van der Waals surface area contributed by atoms with E-state index in [-0.39, 0.29) is 42.5 Å². The van der Waals surface area contributed by atoms with Gasteiger partial charge in [0, 0.05) is 24.2 Å². The molecule has 9 heteroatoms. The lowest BCUT2D eigenvalue weighted by Gasteiger charge is -2.16. The summed E-state index contributed by atoms with van der Waals surface area (Å²) < 4.78 is 24.8. The van der Waals surface area contributed by atoms with Crippen LogP contribution in [0.5, 0.6) is 5.75 Å². The smallest absolute Gasteiger partial charge is 0.243 e. The number of nitrogens with zero attached hydrogens (tertiary/aromatic N) is 1. The van der Waals surface area contributed by atoms with Crippen LogP contribution in [0.15, 0.2) is 47.5 Å². The molecule has 1 amide bonds. The molecule has 1 atom stereocenters. The highest BCUT2D eigenvalue weighted by atomic mass is 127. The summed E-state index contributed by atoms with van der Waals surface area (Å²) in [5.74, 6) is 0.615. The van der Waals surface area contributed by atoms with Crippen molar-refractivity contribution in [3.63, 3.8) is 0 Å². The minimum atomic E-state index is -0.402. The molecule has 0 bridgehead atoms. The van der Waals surface area contributed by atoms with E-state index in [0.29, 0.717) is 31.3 Å². The molecule has 32 heavy (non-hydrogen) atoms. The number of aliphatic imine (C=N–C) groups is 1. The van der Waals surface area contributed by atoms with Gasteiger partial charge >= 0.3 is 0 Å². The van der Waals surface area contributed by atoms with Gasteiger partial charge in [0.15, 0.2) is 5.96 Å². The fraction of sp³-hybridized carbons (Fsp3) is 0.391. The normalized spacial score (nSPS) is 15.6. The van der Waals surface area contributed by atoms with Crippen molar-refractivity contribution in [2.75, 3.05) is 31.6 Å². The maximum atomic E-state index is 13.3. The van der Waals surface area contributed by atoms with E-state index in [4.69, 9.17) is 9.47 Å². The lowest BCUT2D eigenvalue weighted by molar-refractivity contribution is -0.115. The predicted octanol–water partition coefficient (Wildman–Crippen LogP) is 3.61. The van der Waals surface area contributed by atoms with E-state index in [1.54, 1.807) is 12.1 Å². The third-order valence-electron chi connectivity index (χ3n) is 4.68. The zero-order chi connectivity index (χ0) is 22.1. The van der Waals surface area contributed by atoms with Gasteiger partial charge in [0.05, 0.1) is 26.3 Å². The Morgan fingerprint density at radius 2 is 2.09 bits per heavy atom. The number of halogens is 2. The van der Waals surface area contributed by atoms with Crippen LogP contribution in [0.25, 0.3) is 0 Å². The Labute approximate surface area is 205 Å². The first-order chi connectivity index (χ1) is 15.0. The molecule has 1 saturated heterocycles. The van der Waals surface area contributed by atoms with E-state index < -0.39 is 5.82 Å². The Hall–Kier alpha value is -2.40. The number of nitrogens with one attached hydrogen (secondary N) is 3. The number of benzene rings is 2. The quantitative estimate of drug-likeness (QED) is 0.263. The summed E-state index contributed by atoms with van der Waals surface area (Å²) in [5.41, 5.74) is 2.48. The second-order valence-electron chi connectivity index (χ2n) is 7.32. The van der Waals surface area contributed by atoms with Crippen LogP contribution in [0.2, 0.25) is 0 Å². The van der Waals surface area contributed by atoms with E-state index in [9.17, 15) is 9.18 Å². The largest absolute Gasteiger partial charge is 0.488 e. The first-order valence-corrected chi connectivity index (χ1v) is 10.4. The number of anilines is 1. The predicted molar refractivity (Wildman–Crippen MR) is 134 cm³/mol. The number of carbonyl (C=O) groups is 1. The molecule has 0 aliphatic carbocycles. The van der Waals surface area contributed by atoms with E-state index in [0.717, 1.165) is 29.9 Å². The van der Waals surface area contributed by atoms with Gasteiger partial charge in [-0.25, -0.2) is 9.38 Å². The Morgan fingerprint density at radius 3 is 2.81 bits per heavy atom. The van der Waals surface area contributed by atoms with Gasteiger partial charge < -0.3 is 25.4 Å². The van der Waals surface area contributed by atoms with Gasteiger partial charge in [-0.2, -0.15) is 0 Å². The Bertz CT molecular complexity index is 920.